The number of hydrogen-bond donors (Lipinski definition) is 0. The summed E-state index contributed by atoms with van der Waals surface area (Å²) >= 11 is 3.44. The number of ether oxygens (including phenoxy) is 1. The van der Waals surface area contributed by atoms with Gasteiger partial charge in [-0.05, 0) is 30.3 Å². The maximum absolute atomic E-state index is 8.96. The van der Waals surface area contributed by atoms with Crippen molar-refractivity contribution in [2.75, 3.05) is 7.11 Å². The molecule has 0 saturated carbocycles. The first kappa shape index (κ1) is 11.7. The summed E-state index contributed by atoms with van der Waals surface area (Å²) in [7, 11) is 1.65. The van der Waals surface area contributed by atoms with Gasteiger partial charge in [-0.1, -0.05) is 15.9 Å². The molecule has 0 spiro atoms. The molecule has 2 rings (SSSR count). The highest BCUT2D eigenvalue weighted by Crippen LogP contribution is 2.24. The maximum Gasteiger partial charge on any atom is 0.123 e. The average Bonchev–Trinajstić information content (AvgIpc) is 2.77. The van der Waals surface area contributed by atoms with Crippen molar-refractivity contribution in [3.63, 3.8) is 0 Å². The van der Waals surface area contributed by atoms with Crippen LogP contribution in [0.25, 0.3) is 0 Å². The number of rotatable bonds is 3. The molecular weight excluding hydrogens is 280 g/mol. The van der Waals surface area contributed by atoms with Crippen molar-refractivity contribution in [3.05, 3.63) is 52.3 Å². The summed E-state index contributed by atoms with van der Waals surface area (Å²) in [6.45, 7) is 0.624. The van der Waals surface area contributed by atoms with Crippen LogP contribution in [-0.2, 0) is 6.54 Å². The minimum atomic E-state index is 0.624. The second kappa shape index (κ2) is 5.07. The van der Waals surface area contributed by atoms with Gasteiger partial charge >= 0.3 is 0 Å². The lowest BCUT2D eigenvalue weighted by Gasteiger charge is -2.10. The third kappa shape index (κ3) is 2.51. The summed E-state index contributed by atoms with van der Waals surface area (Å²) in [5, 5.41) is 8.96. The van der Waals surface area contributed by atoms with Crippen LogP contribution in [0.15, 0.2) is 41.0 Å². The van der Waals surface area contributed by atoms with Gasteiger partial charge in [-0.2, -0.15) is 5.26 Å². The molecule has 0 aliphatic rings. The zero-order chi connectivity index (χ0) is 12.3. The SMILES string of the molecule is COc1ccc(Br)cc1Cn1cccc1C#N. The van der Waals surface area contributed by atoms with E-state index in [1.54, 1.807) is 13.2 Å². The summed E-state index contributed by atoms with van der Waals surface area (Å²) in [5.74, 6) is 0.825. The smallest absolute Gasteiger partial charge is 0.123 e. The van der Waals surface area contributed by atoms with E-state index >= 15 is 0 Å². The van der Waals surface area contributed by atoms with E-state index in [1.165, 1.54) is 0 Å². The van der Waals surface area contributed by atoms with Crippen LogP contribution in [0, 0.1) is 11.3 Å². The second-order valence-corrected chi connectivity index (χ2v) is 4.50. The average molecular weight is 291 g/mol. The van der Waals surface area contributed by atoms with E-state index in [2.05, 4.69) is 22.0 Å². The van der Waals surface area contributed by atoms with E-state index in [4.69, 9.17) is 10.00 Å². The minimum absolute atomic E-state index is 0.624. The molecule has 0 saturated heterocycles. The first-order chi connectivity index (χ1) is 8.24. The molecular formula is C13H11BrN2O. The molecule has 0 aliphatic heterocycles. The highest BCUT2D eigenvalue weighted by atomic mass is 79.9. The Morgan fingerprint density at radius 3 is 2.94 bits per heavy atom. The van der Waals surface area contributed by atoms with Gasteiger partial charge < -0.3 is 9.30 Å². The summed E-state index contributed by atoms with van der Waals surface area (Å²) in [5.41, 5.74) is 1.68. The number of methoxy groups -OCH3 is 1. The second-order valence-electron chi connectivity index (χ2n) is 3.59. The number of halogens is 1. The molecule has 0 atom stereocenters. The third-order valence-electron chi connectivity index (χ3n) is 2.53. The lowest BCUT2D eigenvalue weighted by molar-refractivity contribution is 0.408. The van der Waals surface area contributed by atoms with Gasteiger partial charge in [0.25, 0.3) is 0 Å². The largest absolute Gasteiger partial charge is 0.496 e. The molecule has 0 bridgehead atoms. The number of hydrogen-bond acceptors (Lipinski definition) is 2. The summed E-state index contributed by atoms with van der Waals surface area (Å²) < 4.78 is 8.20. The van der Waals surface area contributed by atoms with Crippen molar-refractivity contribution in [2.24, 2.45) is 0 Å². The van der Waals surface area contributed by atoms with E-state index in [0.717, 1.165) is 15.8 Å². The number of nitrogens with zero attached hydrogens (tertiary/aromatic N) is 2. The molecule has 3 nitrogen and oxygen atoms in total. The van der Waals surface area contributed by atoms with Crippen LogP contribution in [0.1, 0.15) is 11.3 Å². The Labute approximate surface area is 108 Å². The summed E-state index contributed by atoms with van der Waals surface area (Å²) in [6, 6.07) is 11.7. The fourth-order valence-corrected chi connectivity index (χ4v) is 2.12. The van der Waals surface area contributed by atoms with Crippen LogP contribution in [0.2, 0.25) is 0 Å². The van der Waals surface area contributed by atoms with E-state index in [9.17, 15) is 0 Å². The Morgan fingerprint density at radius 2 is 2.24 bits per heavy atom. The molecule has 2 aromatic rings. The molecule has 0 fully saturated rings. The molecule has 0 N–H and O–H groups in total. The zero-order valence-electron chi connectivity index (χ0n) is 9.35. The van der Waals surface area contributed by atoms with Crippen LogP contribution in [0.4, 0.5) is 0 Å². The van der Waals surface area contributed by atoms with Gasteiger partial charge in [-0.25, -0.2) is 0 Å². The normalized spacial score (nSPS) is 9.94. The van der Waals surface area contributed by atoms with Crippen molar-refractivity contribution in [3.8, 4) is 11.8 Å². The van der Waals surface area contributed by atoms with Crippen molar-refractivity contribution in [1.29, 1.82) is 5.26 Å². The van der Waals surface area contributed by atoms with Crippen LogP contribution in [0.3, 0.4) is 0 Å². The number of aromatic nitrogens is 1. The highest BCUT2D eigenvalue weighted by Gasteiger charge is 2.06. The van der Waals surface area contributed by atoms with Crippen LogP contribution >= 0.6 is 15.9 Å². The molecule has 0 amide bonds. The molecule has 17 heavy (non-hydrogen) atoms. The van der Waals surface area contributed by atoms with Crippen molar-refractivity contribution < 1.29 is 4.74 Å². The fraction of sp³-hybridized carbons (Fsp3) is 0.154. The zero-order valence-corrected chi connectivity index (χ0v) is 10.9. The molecule has 0 unspecified atom stereocenters. The van der Waals surface area contributed by atoms with Gasteiger partial charge in [-0.3, -0.25) is 0 Å². The Bertz CT molecular complexity index is 569. The minimum Gasteiger partial charge on any atom is -0.496 e. The van der Waals surface area contributed by atoms with E-state index in [0.29, 0.717) is 12.2 Å². The third-order valence-corrected chi connectivity index (χ3v) is 3.02. The van der Waals surface area contributed by atoms with Gasteiger partial charge in [0.15, 0.2) is 0 Å². The highest BCUT2D eigenvalue weighted by molar-refractivity contribution is 9.10. The van der Waals surface area contributed by atoms with Crippen LogP contribution in [-0.4, -0.2) is 11.7 Å². The van der Waals surface area contributed by atoms with Crippen LogP contribution in [0.5, 0.6) is 5.75 Å². The molecule has 1 heterocycles. The predicted molar refractivity (Wildman–Crippen MR) is 68.9 cm³/mol. The topological polar surface area (TPSA) is 38.0 Å². The van der Waals surface area contributed by atoms with Crippen LogP contribution < -0.4 is 4.74 Å². The molecule has 0 radical (unpaired) electrons. The summed E-state index contributed by atoms with van der Waals surface area (Å²) in [6.07, 6.45) is 1.89. The van der Waals surface area contributed by atoms with Crippen molar-refractivity contribution in [2.45, 2.75) is 6.54 Å². The number of benzene rings is 1. The first-order valence-corrected chi connectivity index (χ1v) is 5.91. The molecule has 1 aromatic carbocycles. The standard InChI is InChI=1S/C13H11BrN2O/c1-17-13-5-4-11(14)7-10(13)9-16-6-2-3-12(16)8-15/h2-7H,9H2,1H3. The fourth-order valence-electron chi connectivity index (χ4n) is 1.71. The van der Waals surface area contributed by atoms with Gasteiger partial charge in [0, 0.05) is 16.2 Å². The monoisotopic (exact) mass is 290 g/mol. The molecule has 0 aliphatic carbocycles. The van der Waals surface area contributed by atoms with Crippen molar-refractivity contribution >= 4 is 15.9 Å². The Kier molecular flexibility index (Phi) is 3.50. The van der Waals surface area contributed by atoms with E-state index in [-0.39, 0.29) is 0 Å². The quantitative estimate of drug-likeness (QED) is 0.871. The number of nitriles is 1. The predicted octanol–water partition coefficient (Wildman–Crippen LogP) is 3.18. The Morgan fingerprint density at radius 1 is 1.41 bits per heavy atom. The maximum atomic E-state index is 8.96. The molecule has 1 aromatic heterocycles. The van der Waals surface area contributed by atoms with Gasteiger partial charge in [0.05, 0.1) is 13.7 Å². The van der Waals surface area contributed by atoms with Crippen molar-refractivity contribution in [1.82, 2.24) is 4.57 Å². The van der Waals surface area contributed by atoms with Gasteiger partial charge in [-0.15, -0.1) is 0 Å². The Balaban J connectivity index is 2.36. The lowest BCUT2D eigenvalue weighted by Crippen LogP contribution is -2.02. The van der Waals surface area contributed by atoms with E-state index < -0.39 is 0 Å². The van der Waals surface area contributed by atoms with E-state index in [1.807, 2.05) is 35.0 Å². The Hall–Kier alpha value is -1.73. The molecule has 86 valence electrons. The van der Waals surface area contributed by atoms with Gasteiger partial charge in [0.1, 0.15) is 17.5 Å². The lowest BCUT2D eigenvalue weighted by atomic mass is 10.2. The summed E-state index contributed by atoms with van der Waals surface area (Å²) in [4.78, 5) is 0. The first-order valence-electron chi connectivity index (χ1n) is 5.12. The van der Waals surface area contributed by atoms with Gasteiger partial charge in [0.2, 0.25) is 0 Å². The molecule has 4 heteroatoms.